The van der Waals surface area contributed by atoms with Crippen LogP contribution in [0.2, 0.25) is 0 Å². The summed E-state index contributed by atoms with van der Waals surface area (Å²) < 4.78 is 0. The highest BCUT2D eigenvalue weighted by molar-refractivity contribution is 5.82. The van der Waals surface area contributed by atoms with E-state index in [0.717, 1.165) is 11.1 Å². The lowest BCUT2D eigenvalue weighted by Crippen LogP contribution is -2.49. The molecule has 0 saturated heterocycles. The minimum absolute atomic E-state index is 0.00340. The van der Waals surface area contributed by atoms with Crippen LogP contribution in [0.3, 0.4) is 0 Å². The van der Waals surface area contributed by atoms with E-state index in [1.54, 1.807) is 12.1 Å². The lowest BCUT2D eigenvalue weighted by Gasteiger charge is -2.32. The van der Waals surface area contributed by atoms with Crippen molar-refractivity contribution in [1.82, 2.24) is 4.90 Å². The summed E-state index contributed by atoms with van der Waals surface area (Å²) in [7, 11) is 0. The van der Waals surface area contributed by atoms with E-state index in [2.05, 4.69) is 6.92 Å². The monoisotopic (exact) mass is 338 g/mol. The molecule has 132 valence electrons. The van der Waals surface area contributed by atoms with E-state index in [0.29, 0.717) is 18.9 Å². The van der Waals surface area contributed by atoms with Gasteiger partial charge in [-0.1, -0.05) is 42.5 Å². The Labute approximate surface area is 149 Å². The van der Waals surface area contributed by atoms with Crippen LogP contribution in [-0.4, -0.2) is 28.0 Å². The van der Waals surface area contributed by atoms with Crippen molar-refractivity contribution in [2.24, 2.45) is 11.7 Å². The number of phenols is 1. The molecule has 3 N–H and O–H groups in total. The number of nitrogens with two attached hydrogens (primary N) is 1. The van der Waals surface area contributed by atoms with Gasteiger partial charge in [0.1, 0.15) is 5.75 Å². The molecule has 3 rings (SSSR count). The van der Waals surface area contributed by atoms with Gasteiger partial charge in [-0.25, -0.2) is 0 Å². The molecule has 0 aliphatic heterocycles. The number of nitrogens with zero attached hydrogens (tertiary/aromatic N) is 1. The first-order valence-electron chi connectivity index (χ1n) is 8.92. The summed E-state index contributed by atoms with van der Waals surface area (Å²) in [5, 5.41) is 9.39. The number of phenolic OH excluding ortho intramolecular Hbond substituents is 1. The van der Waals surface area contributed by atoms with Crippen molar-refractivity contribution in [3.63, 3.8) is 0 Å². The van der Waals surface area contributed by atoms with Crippen LogP contribution < -0.4 is 5.73 Å². The predicted octanol–water partition coefficient (Wildman–Crippen LogP) is 3.09. The number of hydrogen-bond donors (Lipinski definition) is 2. The Bertz CT molecular complexity index is 696. The second kappa shape index (κ2) is 7.70. The van der Waals surface area contributed by atoms with E-state index < -0.39 is 6.04 Å². The Morgan fingerprint density at radius 3 is 2.36 bits per heavy atom. The fourth-order valence-electron chi connectivity index (χ4n) is 3.22. The molecule has 1 aliphatic carbocycles. The summed E-state index contributed by atoms with van der Waals surface area (Å²) >= 11 is 0. The Hall–Kier alpha value is -2.33. The molecular formula is C21H26N2O2. The third-order valence-electron chi connectivity index (χ3n) is 4.98. The van der Waals surface area contributed by atoms with E-state index in [9.17, 15) is 9.90 Å². The quantitative estimate of drug-likeness (QED) is 0.815. The first-order valence-corrected chi connectivity index (χ1v) is 8.92. The highest BCUT2D eigenvalue weighted by Gasteiger charge is 2.35. The molecular weight excluding hydrogens is 312 g/mol. The predicted molar refractivity (Wildman–Crippen MR) is 99.0 cm³/mol. The first kappa shape index (κ1) is 17.5. The maximum atomic E-state index is 13.0. The van der Waals surface area contributed by atoms with Crippen LogP contribution in [0.5, 0.6) is 5.75 Å². The van der Waals surface area contributed by atoms with Gasteiger partial charge in [-0.2, -0.15) is 0 Å². The number of rotatable bonds is 7. The Kier molecular flexibility index (Phi) is 5.39. The molecule has 2 aromatic carbocycles. The van der Waals surface area contributed by atoms with E-state index in [1.165, 1.54) is 12.8 Å². The topological polar surface area (TPSA) is 66.6 Å². The molecule has 0 heterocycles. The van der Waals surface area contributed by atoms with Crippen LogP contribution >= 0.6 is 0 Å². The zero-order valence-corrected chi connectivity index (χ0v) is 14.6. The van der Waals surface area contributed by atoms with Crippen molar-refractivity contribution >= 4 is 5.91 Å². The minimum Gasteiger partial charge on any atom is -0.508 e. The largest absolute Gasteiger partial charge is 0.508 e. The van der Waals surface area contributed by atoms with Crippen molar-refractivity contribution in [1.29, 1.82) is 0 Å². The van der Waals surface area contributed by atoms with Crippen molar-refractivity contribution in [2.75, 3.05) is 0 Å². The molecule has 4 nitrogen and oxygen atoms in total. The molecule has 0 bridgehead atoms. The minimum atomic E-state index is -0.575. The van der Waals surface area contributed by atoms with Crippen molar-refractivity contribution in [3.8, 4) is 5.75 Å². The number of amides is 1. The third-order valence-corrected chi connectivity index (χ3v) is 4.98. The second-order valence-corrected chi connectivity index (χ2v) is 7.01. The number of carbonyl (C=O) groups is 1. The van der Waals surface area contributed by atoms with Gasteiger partial charge in [-0.3, -0.25) is 4.79 Å². The molecule has 1 fully saturated rings. The number of benzene rings is 2. The van der Waals surface area contributed by atoms with E-state index in [1.807, 2.05) is 47.4 Å². The van der Waals surface area contributed by atoms with Crippen LogP contribution in [0, 0.1) is 5.92 Å². The molecule has 2 atom stereocenters. The molecule has 1 aliphatic rings. The van der Waals surface area contributed by atoms with Gasteiger partial charge in [0.15, 0.2) is 0 Å². The zero-order valence-electron chi connectivity index (χ0n) is 14.6. The highest BCUT2D eigenvalue weighted by Crippen LogP contribution is 2.36. The summed E-state index contributed by atoms with van der Waals surface area (Å²) in [6.45, 7) is 2.73. The van der Waals surface area contributed by atoms with Crippen molar-refractivity contribution in [2.45, 2.75) is 44.8 Å². The second-order valence-electron chi connectivity index (χ2n) is 7.01. The van der Waals surface area contributed by atoms with Gasteiger partial charge in [0.25, 0.3) is 0 Å². The summed E-state index contributed by atoms with van der Waals surface area (Å²) in [6, 6.07) is 16.6. The van der Waals surface area contributed by atoms with Gasteiger partial charge < -0.3 is 15.7 Å². The Morgan fingerprint density at radius 2 is 1.76 bits per heavy atom. The molecule has 0 aromatic heterocycles. The van der Waals surface area contributed by atoms with Gasteiger partial charge in [0.05, 0.1) is 6.04 Å². The molecule has 1 unspecified atom stereocenters. The SMILES string of the molecule is CC(C1CC1)N(Cc1ccccc1)C(=O)[C@@H](N)Cc1ccc(O)cc1. The Morgan fingerprint density at radius 1 is 1.12 bits per heavy atom. The maximum Gasteiger partial charge on any atom is 0.240 e. The van der Waals surface area contributed by atoms with E-state index in [4.69, 9.17) is 5.73 Å². The molecule has 0 spiro atoms. The van der Waals surface area contributed by atoms with Gasteiger partial charge in [0.2, 0.25) is 5.91 Å². The number of hydrogen-bond acceptors (Lipinski definition) is 3. The number of aromatic hydroxyl groups is 1. The summed E-state index contributed by atoms with van der Waals surface area (Å²) in [6.07, 6.45) is 2.85. The normalized spacial score (nSPS) is 16.2. The maximum absolute atomic E-state index is 13.0. The molecule has 4 heteroatoms. The molecule has 1 amide bonds. The van der Waals surface area contributed by atoms with Crippen molar-refractivity contribution < 1.29 is 9.90 Å². The van der Waals surface area contributed by atoms with Gasteiger partial charge in [-0.15, -0.1) is 0 Å². The lowest BCUT2D eigenvalue weighted by molar-refractivity contribution is -0.135. The molecule has 1 saturated carbocycles. The summed E-state index contributed by atoms with van der Waals surface area (Å²) in [5.41, 5.74) is 8.33. The fraction of sp³-hybridized carbons (Fsp3) is 0.381. The molecule has 0 radical (unpaired) electrons. The average Bonchev–Trinajstić information content (AvgIpc) is 3.46. The lowest BCUT2D eigenvalue weighted by atomic mass is 10.0. The van der Waals surface area contributed by atoms with Crippen LogP contribution in [-0.2, 0) is 17.8 Å². The third kappa shape index (κ3) is 4.60. The van der Waals surface area contributed by atoms with Gasteiger partial charge >= 0.3 is 0 Å². The van der Waals surface area contributed by atoms with Crippen LogP contribution in [0.4, 0.5) is 0 Å². The zero-order chi connectivity index (χ0) is 17.8. The number of carbonyl (C=O) groups excluding carboxylic acids is 1. The Balaban J connectivity index is 1.72. The summed E-state index contributed by atoms with van der Waals surface area (Å²) in [4.78, 5) is 15.0. The van der Waals surface area contributed by atoms with Crippen LogP contribution in [0.25, 0.3) is 0 Å². The van der Waals surface area contributed by atoms with E-state index in [-0.39, 0.29) is 17.7 Å². The summed E-state index contributed by atoms with van der Waals surface area (Å²) in [5.74, 6) is 0.807. The first-order chi connectivity index (χ1) is 12.0. The van der Waals surface area contributed by atoms with Crippen LogP contribution in [0.1, 0.15) is 30.9 Å². The average molecular weight is 338 g/mol. The van der Waals surface area contributed by atoms with Gasteiger partial charge in [0, 0.05) is 12.6 Å². The smallest absolute Gasteiger partial charge is 0.240 e. The standard InChI is InChI=1S/C21H26N2O2/c1-15(18-9-10-18)23(14-17-5-3-2-4-6-17)21(25)20(22)13-16-7-11-19(24)12-8-16/h2-8,11-12,15,18,20,24H,9-10,13-14,22H2,1H3/t15?,20-/m0/s1. The van der Waals surface area contributed by atoms with E-state index >= 15 is 0 Å². The molecule has 25 heavy (non-hydrogen) atoms. The van der Waals surface area contributed by atoms with Gasteiger partial charge in [-0.05, 0) is 55.4 Å². The van der Waals surface area contributed by atoms with Crippen molar-refractivity contribution in [3.05, 3.63) is 65.7 Å². The fourth-order valence-corrected chi connectivity index (χ4v) is 3.22. The highest BCUT2D eigenvalue weighted by atomic mass is 16.3. The molecule has 2 aromatic rings. The van der Waals surface area contributed by atoms with Crippen LogP contribution in [0.15, 0.2) is 54.6 Å².